The summed E-state index contributed by atoms with van der Waals surface area (Å²) in [5.74, 6) is 0.882. The number of aromatic nitrogens is 2. The standard InChI is InChI=1S/C16H23N3O/c1-4-6-11-17-13(5-2)15-18-14-10-8-7-9-12(14)16(20)19(15)3/h7-10,13,17H,4-6,11H2,1-3H3/p+1/t13-/m1/s1. The molecule has 0 unspecified atom stereocenters. The number of nitrogens with zero attached hydrogens (tertiary/aromatic N) is 2. The van der Waals surface area contributed by atoms with Crippen molar-refractivity contribution in [2.24, 2.45) is 7.05 Å². The van der Waals surface area contributed by atoms with Crippen molar-refractivity contribution < 1.29 is 5.32 Å². The highest BCUT2D eigenvalue weighted by Gasteiger charge is 2.19. The lowest BCUT2D eigenvalue weighted by molar-refractivity contribution is -0.698. The van der Waals surface area contributed by atoms with Crippen molar-refractivity contribution in [3.05, 3.63) is 40.4 Å². The zero-order chi connectivity index (χ0) is 14.5. The molecule has 0 saturated heterocycles. The third-order valence-corrected chi connectivity index (χ3v) is 3.80. The molecule has 1 aromatic carbocycles. The smallest absolute Gasteiger partial charge is 0.261 e. The van der Waals surface area contributed by atoms with E-state index in [1.807, 2.05) is 31.3 Å². The number of rotatable bonds is 6. The highest BCUT2D eigenvalue weighted by molar-refractivity contribution is 5.77. The van der Waals surface area contributed by atoms with Gasteiger partial charge in [0.1, 0.15) is 6.04 Å². The van der Waals surface area contributed by atoms with E-state index >= 15 is 0 Å². The predicted octanol–water partition coefficient (Wildman–Crippen LogP) is 1.75. The third-order valence-electron chi connectivity index (χ3n) is 3.80. The Labute approximate surface area is 119 Å². The molecule has 0 saturated carbocycles. The van der Waals surface area contributed by atoms with Gasteiger partial charge in [0.05, 0.1) is 17.4 Å². The molecule has 0 aliphatic rings. The minimum Gasteiger partial charge on any atom is -0.338 e. The number of hydrogen-bond donors (Lipinski definition) is 1. The zero-order valence-corrected chi connectivity index (χ0v) is 12.6. The van der Waals surface area contributed by atoms with Gasteiger partial charge in [0.25, 0.3) is 5.56 Å². The van der Waals surface area contributed by atoms with Gasteiger partial charge in [0.15, 0.2) is 5.82 Å². The lowest BCUT2D eigenvalue weighted by Gasteiger charge is -2.16. The Morgan fingerprint density at radius 1 is 1.30 bits per heavy atom. The molecular weight excluding hydrogens is 250 g/mol. The molecule has 4 nitrogen and oxygen atoms in total. The van der Waals surface area contributed by atoms with Crippen LogP contribution in [0.4, 0.5) is 0 Å². The van der Waals surface area contributed by atoms with Gasteiger partial charge in [-0.3, -0.25) is 9.36 Å². The third kappa shape index (κ3) is 2.90. The number of benzene rings is 1. The van der Waals surface area contributed by atoms with Crippen molar-refractivity contribution in [1.29, 1.82) is 0 Å². The Kier molecular flexibility index (Phi) is 4.90. The van der Waals surface area contributed by atoms with E-state index in [1.54, 1.807) is 4.57 Å². The molecule has 0 radical (unpaired) electrons. The molecule has 2 N–H and O–H groups in total. The highest BCUT2D eigenvalue weighted by Crippen LogP contribution is 2.12. The van der Waals surface area contributed by atoms with Gasteiger partial charge in [0, 0.05) is 13.5 Å². The van der Waals surface area contributed by atoms with E-state index < -0.39 is 0 Å². The van der Waals surface area contributed by atoms with Gasteiger partial charge in [0.2, 0.25) is 0 Å². The molecule has 0 bridgehead atoms. The summed E-state index contributed by atoms with van der Waals surface area (Å²) in [6, 6.07) is 7.83. The summed E-state index contributed by atoms with van der Waals surface area (Å²) in [5.41, 5.74) is 0.848. The van der Waals surface area contributed by atoms with Gasteiger partial charge in [-0.2, -0.15) is 0 Å². The summed E-state index contributed by atoms with van der Waals surface area (Å²) < 4.78 is 1.71. The minimum atomic E-state index is 0.0490. The van der Waals surface area contributed by atoms with Crippen LogP contribution >= 0.6 is 0 Å². The Morgan fingerprint density at radius 3 is 2.75 bits per heavy atom. The summed E-state index contributed by atoms with van der Waals surface area (Å²) >= 11 is 0. The molecule has 0 fully saturated rings. The summed E-state index contributed by atoms with van der Waals surface area (Å²) in [4.78, 5) is 17.1. The van der Waals surface area contributed by atoms with Gasteiger partial charge in [-0.1, -0.05) is 32.4 Å². The van der Waals surface area contributed by atoms with E-state index in [0.717, 1.165) is 24.3 Å². The summed E-state index contributed by atoms with van der Waals surface area (Å²) in [7, 11) is 1.83. The Morgan fingerprint density at radius 2 is 2.05 bits per heavy atom. The lowest BCUT2D eigenvalue weighted by Crippen LogP contribution is -2.85. The van der Waals surface area contributed by atoms with Crippen LogP contribution in [0.1, 0.15) is 45.0 Å². The fraction of sp³-hybridized carbons (Fsp3) is 0.500. The van der Waals surface area contributed by atoms with E-state index in [2.05, 4.69) is 19.2 Å². The first-order valence-electron chi connectivity index (χ1n) is 7.48. The molecule has 1 heterocycles. The van der Waals surface area contributed by atoms with Gasteiger partial charge >= 0.3 is 0 Å². The van der Waals surface area contributed by atoms with Gasteiger partial charge < -0.3 is 5.32 Å². The maximum Gasteiger partial charge on any atom is 0.261 e. The maximum absolute atomic E-state index is 12.4. The van der Waals surface area contributed by atoms with Crippen LogP contribution in [0.2, 0.25) is 0 Å². The van der Waals surface area contributed by atoms with Crippen molar-refractivity contribution >= 4 is 10.9 Å². The predicted molar refractivity (Wildman–Crippen MR) is 81.7 cm³/mol. The fourth-order valence-corrected chi connectivity index (χ4v) is 2.54. The van der Waals surface area contributed by atoms with Gasteiger partial charge in [-0.15, -0.1) is 0 Å². The molecule has 0 aliphatic heterocycles. The maximum atomic E-state index is 12.4. The summed E-state index contributed by atoms with van der Waals surface area (Å²) in [5, 5.41) is 3.00. The van der Waals surface area contributed by atoms with Crippen molar-refractivity contribution in [3.8, 4) is 0 Å². The molecule has 2 aromatic rings. The van der Waals surface area contributed by atoms with E-state index in [1.165, 1.54) is 12.8 Å². The molecular formula is C16H24N3O+. The second kappa shape index (κ2) is 6.66. The summed E-state index contributed by atoms with van der Waals surface area (Å²) in [6.45, 7) is 5.42. The molecule has 4 heteroatoms. The number of fused-ring (bicyclic) bond motifs is 1. The van der Waals surface area contributed by atoms with Crippen molar-refractivity contribution in [1.82, 2.24) is 9.55 Å². The average molecular weight is 274 g/mol. The summed E-state index contributed by atoms with van der Waals surface area (Å²) in [6.07, 6.45) is 3.36. The second-order valence-corrected chi connectivity index (χ2v) is 5.24. The van der Waals surface area contributed by atoms with Crippen molar-refractivity contribution in [2.75, 3.05) is 6.54 Å². The van der Waals surface area contributed by atoms with Crippen LogP contribution in [0, 0.1) is 0 Å². The molecule has 0 spiro atoms. The molecule has 0 aliphatic carbocycles. The van der Waals surface area contributed by atoms with E-state index in [9.17, 15) is 4.79 Å². The quantitative estimate of drug-likeness (QED) is 0.816. The topological polar surface area (TPSA) is 51.5 Å². The number of hydrogen-bond acceptors (Lipinski definition) is 2. The lowest BCUT2D eigenvalue weighted by atomic mass is 10.1. The van der Waals surface area contributed by atoms with Crippen LogP contribution in [0.5, 0.6) is 0 Å². The molecule has 2 rings (SSSR count). The number of unbranched alkanes of at least 4 members (excludes halogenated alkanes) is 1. The van der Waals surface area contributed by atoms with Crippen LogP contribution in [0.3, 0.4) is 0 Å². The van der Waals surface area contributed by atoms with Crippen LogP contribution in [0.15, 0.2) is 29.1 Å². The highest BCUT2D eigenvalue weighted by atomic mass is 16.1. The Hall–Kier alpha value is -1.68. The first kappa shape index (κ1) is 14.7. The number of nitrogens with two attached hydrogens (primary N) is 1. The normalized spacial score (nSPS) is 12.8. The number of para-hydroxylation sites is 1. The first-order chi connectivity index (χ1) is 9.69. The minimum absolute atomic E-state index is 0.0490. The largest absolute Gasteiger partial charge is 0.338 e. The number of quaternary nitrogens is 1. The monoisotopic (exact) mass is 274 g/mol. The van der Waals surface area contributed by atoms with Gasteiger partial charge in [-0.25, -0.2) is 4.98 Å². The molecule has 108 valence electrons. The van der Waals surface area contributed by atoms with Crippen LogP contribution in [-0.4, -0.2) is 16.1 Å². The average Bonchev–Trinajstić information content (AvgIpc) is 2.48. The Balaban J connectivity index is 2.42. The molecule has 1 atom stereocenters. The molecule has 1 aromatic heterocycles. The van der Waals surface area contributed by atoms with Crippen molar-refractivity contribution in [3.63, 3.8) is 0 Å². The first-order valence-corrected chi connectivity index (χ1v) is 7.48. The van der Waals surface area contributed by atoms with Crippen LogP contribution in [0.25, 0.3) is 10.9 Å². The van der Waals surface area contributed by atoms with E-state index in [4.69, 9.17) is 4.98 Å². The van der Waals surface area contributed by atoms with Gasteiger partial charge in [-0.05, 0) is 18.6 Å². The fourth-order valence-electron chi connectivity index (χ4n) is 2.54. The Bertz CT molecular complexity index is 633. The molecule has 0 amide bonds. The molecule has 20 heavy (non-hydrogen) atoms. The van der Waals surface area contributed by atoms with Crippen molar-refractivity contribution in [2.45, 2.75) is 39.2 Å². The van der Waals surface area contributed by atoms with Crippen LogP contribution < -0.4 is 10.9 Å². The van der Waals surface area contributed by atoms with E-state index in [-0.39, 0.29) is 11.6 Å². The van der Waals surface area contributed by atoms with Crippen LogP contribution in [-0.2, 0) is 7.05 Å². The SMILES string of the molecule is CCCC[NH2+][C@H](CC)c1nc2ccccc2c(=O)n1C. The zero-order valence-electron chi connectivity index (χ0n) is 12.6. The van der Waals surface area contributed by atoms with E-state index in [0.29, 0.717) is 5.39 Å². The second-order valence-electron chi connectivity index (χ2n) is 5.24.